The summed E-state index contributed by atoms with van der Waals surface area (Å²) in [7, 11) is 0. The summed E-state index contributed by atoms with van der Waals surface area (Å²) in [6.45, 7) is 12.1. The molecule has 9 heteroatoms. The summed E-state index contributed by atoms with van der Waals surface area (Å²) >= 11 is 7.72. The highest BCUT2D eigenvalue weighted by molar-refractivity contribution is 7.07. The number of fused-ring (bicyclic) bond motifs is 1. The zero-order valence-electron chi connectivity index (χ0n) is 23.9. The summed E-state index contributed by atoms with van der Waals surface area (Å²) in [5.41, 5.74) is 6.19. The Hall–Kier alpha value is -3.88. The maximum atomic E-state index is 14.1. The van der Waals surface area contributed by atoms with Crippen molar-refractivity contribution in [1.29, 1.82) is 0 Å². The van der Waals surface area contributed by atoms with Gasteiger partial charge in [-0.05, 0) is 83.0 Å². The molecule has 5 rings (SSSR count). The monoisotopic (exact) mass is 589 g/mol. The van der Waals surface area contributed by atoms with Gasteiger partial charge in [-0.15, -0.1) is 0 Å². The van der Waals surface area contributed by atoms with E-state index in [0.29, 0.717) is 43.5 Å². The third kappa shape index (κ3) is 5.18. The second kappa shape index (κ2) is 11.5. The average molecular weight is 590 g/mol. The smallest absolute Gasteiger partial charge is 0.338 e. The Morgan fingerprint density at radius 1 is 1.07 bits per heavy atom. The van der Waals surface area contributed by atoms with Gasteiger partial charge in [-0.2, -0.15) is 0 Å². The van der Waals surface area contributed by atoms with Crippen molar-refractivity contribution in [2.45, 2.75) is 47.6 Å². The molecular weight excluding hydrogens is 558 g/mol. The summed E-state index contributed by atoms with van der Waals surface area (Å²) in [5.74, 6) is 0.103. The molecular formula is C32H32ClN3O4S. The van der Waals surface area contributed by atoms with E-state index < -0.39 is 12.0 Å². The van der Waals surface area contributed by atoms with Crippen LogP contribution < -0.4 is 19.6 Å². The van der Waals surface area contributed by atoms with E-state index >= 15 is 0 Å². The Morgan fingerprint density at radius 3 is 2.54 bits per heavy atom. The number of carbonyl (C=O) groups excluding carboxylic acids is 1. The maximum absolute atomic E-state index is 14.1. The van der Waals surface area contributed by atoms with Crippen molar-refractivity contribution in [3.63, 3.8) is 0 Å². The molecule has 2 aromatic carbocycles. The molecule has 0 fully saturated rings. The first kappa shape index (κ1) is 28.6. The fourth-order valence-corrected chi connectivity index (χ4v) is 6.48. The molecule has 0 N–H and O–H groups in total. The Labute approximate surface area is 247 Å². The third-order valence-electron chi connectivity index (χ3n) is 7.20. The van der Waals surface area contributed by atoms with Crippen LogP contribution in [-0.4, -0.2) is 28.3 Å². The fraction of sp³-hybridized carbons (Fsp3) is 0.281. The van der Waals surface area contributed by atoms with Crippen molar-refractivity contribution >= 4 is 35.0 Å². The lowest BCUT2D eigenvalue weighted by atomic mass is 9.95. The zero-order valence-corrected chi connectivity index (χ0v) is 25.5. The third-order valence-corrected chi connectivity index (χ3v) is 8.59. The van der Waals surface area contributed by atoms with Crippen LogP contribution in [0.25, 0.3) is 11.8 Å². The van der Waals surface area contributed by atoms with Crippen LogP contribution in [0.4, 0.5) is 0 Å². The van der Waals surface area contributed by atoms with Crippen LogP contribution in [0, 0.1) is 20.8 Å². The van der Waals surface area contributed by atoms with E-state index in [1.54, 1.807) is 18.4 Å². The largest absolute Gasteiger partial charge is 0.494 e. The summed E-state index contributed by atoms with van der Waals surface area (Å²) in [6.07, 6.45) is 1.90. The van der Waals surface area contributed by atoms with Gasteiger partial charge in [0.2, 0.25) is 0 Å². The molecule has 212 valence electrons. The van der Waals surface area contributed by atoms with Crippen LogP contribution in [0.2, 0.25) is 5.02 Å². The number of nitrogens with zero attached hydrogens (tertiary/aromatic N) is 3. The molecule has 0 aliphatic carbocycles. The van der Waals surface area contributed by atoms with Crippen LogP contribution in [0.5, 0.6) is 5.75 Å². The normalized spacial score (nSPS) is 15.1. The number of hydrogen-bond donors (Lipinski definition) is 0. The van der Waals surface area contributed by atoms with Crippen molar-refractivity contribution in [1.82, 2.24) is 9.13 Å². The van der Waals surface area contributed by atoms with Crippen LogP contribution >= 0.6 is 22.9 Å². The van der Waals surface area contributed by atoms with Crippen LogP contribution in [0.1, 0.15) is 54.9 Å². The first-order valence-corrected chi connectivity index (χ1v) is 14.7. The minimum Gasteiger partial charge on any atom is -0.494 e. The molecule has 4 aromatic rings. The van der Waals surface area contributed by atoms with Crippen LogP contribution in [-0.2, 0) is 9.53 Å². The number of benzene rings is 2. The number of halogens is 1. The number of aromatic nitrogens is 2. The van der Waals surface area contributed by atoms with Gasteiger partial charge in [-0.25, -0.2) is 9.79 Å². The number of ether oxygens (including phenoxy) is 2. The van der Waals surface area contributed by atoms with Crippen LogP contribution in [0.15, 0.2) is 69.6 Å². The van der Waals surface area contributed by atoms with Gasteiger partial charge in [0.25, 0.3) is 5.56 Å². The van der Waals surface area contributed by atoms with E-state index in [1.807, 2.05) is 76.2 Å². The van der Waals surface area contributed by atoms with Crippen molar-refractivity contribution in [3.05, 3.63) is 113 Å². The van der Waals surface area contributed by atoms with E-state index in [2.05, 4.69) is 10.6 Å². The number of rotatable bonds is 7. The highest BCUT2D eigenvalue weighted by Crippen LogP contribution is 2.36. The lowest BCUT2D eigenvalue weighted by Crippen LogP contribution is -2.40. The van der Waals surface area contributed by atoms with Gasteiger partial charge in [0.05, 0.1) is 29.0 Å². The van der Waals surface area contributed by atoms with E-state index in [9.17, 15) is 9.59 Å². The summed E-state index contributed by atoms with van der Waals surface area (Å²) < 4.78 is 15.6. The summed E-state index contributed by atoms with van der Waals surface area (Å²) in [4.78, 5) is 32.5. The number of esters is 1. The molecule has 0 saturated carbocycles. The molecule has 7 nitrogen and oxygen atoms in total. The lowest BCUT2D eigenvalue weighted by molar-refractivity contribution is -0.139. The molecule has 3 heterocycles. The molecule has 0 saturated heterocycles. The van der Waals surface area contributed by atoms with Crippen molar-refractivity contribution in [3.8, 4) is 11.4 Å². The Morgan fingerprint density at radius 2 is 1.83 bits per heavy atom. The Balaban J connectivity index is 1.71. The number of para-hydroxylation sites is 1. The number of allylic oxidation sites excluding steroid dienone is 1. The van der Waals surface area contributed by atoms with Gasteiger partial charge in [0, 0.05) is 27.7 Å². The Bertz CT molecular complexity index is 1880. The quantitative estimate of drug-likeness (QED) is 0.264. The average Bonchev–Trinajstić information content (AvgIpc) is 3.39. The molecule has 2 aromatic heterocycles. The SMILES string of the molecule is CCOC(=O)C1=C(C)N=c2s/c(=C\c3cc(C)n(-c4ccc(C)c(Cl)c4)c3C)c(=O)n2[C@H]1c1ccccc1OCC. The molecule has 1 atom stereocenters. The number of aryl methyl sites for hydroxylation is 2. The maximum Gasteiger partial charge on any atom is 0.338 e. The highest BCUT2D eigenvalue weighted by Gasteiger charge is 2.35. The van der Waals surface area contributed by atoms with Gasteiger partial charge in [0.1, 0.15) is 11.8 Å². The van der Waals surface area contributed by atoms with Gasteiger partial charge in [-0.1, -0.05) is 47.2 Å². The van der Waals surface area contributed by atoms with Crippen molar-refractivity contribution in [2.75, 3.05) is 13.2 Å². The topological polar surface area (TPSA) is 74.8 Å². The first-order valence-electron chi connectivity index (χ1n) is 13.5. The van der Waals surface area contributed by atoms with Gasteiger partial charge in [0.15, 0.2) is 4.80 Å². The molecule has 1 aliphatic heterocycles. The molecule has 0 bridgehead atoms. The molecule has 0 unspecified atom stereocenters. The zero-order chi connectivity index (χ0) is 29.4. The predicted molar refractivity (Wildman–Crippen MR) is 163 cm³/mol. The predicted octanol–water partition coefficient (Wildman–Crippen LogP) is 5.57. The van der Waals surface area contributed by atoms with E-state index in [4.69, 9.17) is 26.1 Å². The van der Waals surface area contributed by atoms with Gasteiger partial charge >= 0.3 is 5.97 Å². The number of thiazole rings is 1. The van der Waals surface area contributed by atoms with Crippen molar-refractivity contribution < 1.29 is 14.3 Å². The molecule has 0 spiro atoms. The number of hydrogen-bond acceptors (Lipinski definition) is 6. The fourth-order valence-electron chi connectivity index (χ4n) is 5.27. The minimum absolute atomic E-state index is 0.210. The van der Waals surface area contributed by atoms with Crippen molar-refractivity contribution in [2.24, 2.45) is 4.99 Å². The Kier molecular flexibility index (Phi) is 8.07. The summed E-state index contributed by atoms with van der Waals surface area (Å²) in [5, 5.41) is 0.699. The lowest BCUT2D eigenvalue weighted by Gasteiger charge is -2.26. The standard InChI is InChI=1S/C32H32ClN3O4S/c1-7-39-26-12-10-9-11-24(26)29-28(31(38)40-8-2)20(5)34-32-36(29)30(37)27(41-32)16-22-15-19(4)35(21(22)6)23-14-13-18(3)25(33)17-23/h9-17,29H,7-8H2,1-6H3/b27-16-/t29-/m0/s1. The first-order chi connectivity index (χ1) is 19.7. The molecule has 0 amide bonds. The molecule has 41 heavy (non-hydrogen) atoms. The van der Waals surface area contributed by atoms with E-state index in [1.165, 1.54) is 11.3 Å². The van der Waals surface area contributed by atoms with Gasteiger partial charge < -0.3 is 14.0 Å². The van der Waals surface area contributed by atoms with E-state index in [0.717, 1.165) is 28.2 Å². The molecule has 0 radical (unpaired) electrons. The summed E-state index contributed by atoms with van der Waals surface area (Å²) in [6, 6.07) is 14.8. The van der Waals surface area contributed by atoms with E-state index in [-0.39, 0.29) is 12.2 Å². The minimum atomic E-state index is -0.739. The molecule has 1 aliphatic rings. The van der Waals surface area contributed by atoms with Gasteiger partial charge in [-0.3, -0.25) is 9.36 Å². The second-order valence-corrected chi connectivity index (χ2v) is 11.3. The van der Waals surface area contributed by atoms with Crippen LogP contribution in [0.3, 0.4) is 0 Å². The number of carbonyl (C=O) groups is 1. The highest BCUT2D eigenvalue weighted by atomic mass is 35.5. The second-order valence-electron chi connectivity index (χ2n) is 9.87.